The van der Waals surface area contributed by atoms with E-state index in [1.54, 1.807) is 20.2 Å². The van der Waals surface area contributed by atoms with Crippen LogP contribution < -0.4 is 15.8 Å². The van der Waals surface area contributed by atoms with E-state index in [9.17, 15) is 9.59 Å². The fourth-order valence-electron chi connectivity index (χ4n) is 2.61. The minimum absolute atomic E-state index is 0. The average molecular weight is 356 g/mol. The average Bonchev–Trinajstić information content (AvgIpc) is 2.98. The van der Waals surface area contributed by atoms with Gasteiger partial charge in [0.25, 0.3) is 5.91 Å². The molecule has 0 spiro atoms. The number of nitrogens with zero attached hydrogens (tertiary/aromatic N) is 1. The standard InChI is InChI=1S/C17H25N3O3.ClH/c1-20(2)15(21)12-23-14-7-5-6-13(10-14)11-19-16(22)17(18)8-3-4-9-17;/h5-7,10H,3-4,8-9,11-12,18H2,1-2H3,(H,19,22);1H. The molecule has 0 atom stereocenters. The molecule has 24 heavy (non-hydrogen) atoms. The van der Waals surface area contributed by atoms with Gasteiger partial charge < -0.3 is 20.7 Å². The van der Waals surface area contributed by atoms with Crippen LogP contribution in [0.15, 0.2) is 24.3 Å². The number of benzene rings is 1. The Labute approximate surface area is 149 Å². The van der Waals surface area contributed by atoms with E-state index in [2.05, 4.69) is 5.32 Å². The fourth-order valence-corrected chi connectivity index (χ4v) is 2.61. The van der Waals surface area contributed by atoms with Gasteiger partial charge in [0.1, 0.15) is 5.75 Å². The molecule has 134 valence electrons. The quantitative estimate of drug-likeness (QED) is 0.809. The molecule has 0 aromatic heterocycles. The monoisotopic (exact) mass is 355 g/mol. The second-order valence-corrected chi connectivity index (χ2v) is 6.27. The smallest absolute Gasteiger partial charge is 0.259 e. The normalized spacial score (nSPS) is 15.3. The lowest BCUT2D eigenvalue weighted by molar-refractivity contribution is -0.130. The molecule has 1 aromatic carbocycles. The Morgan fingerprint density at radius 1 is 1.29 bits per heavy atom. The molecule has 1 saturated carbocycles. The van der Waals surface area contributed by atoms with Gasteiger partial charge in [0.15, 0.2) is 6.61 Å². The highest BCUT2D eigenvalue weighted by atomic mass is 35.5. The number of rotatable bonds is 6. The lowest BCUT2D eigenvalue weighted by Crippen LogP contribution is -2.51. The third-order valence-corrected chi connectivity index (χ3v) is 4.16. The van der Waals surface area contributed by atoms with Gasteiger partial charge in [-0.1, -0.05) is 25.0 Å². The van der Waals surface area contributed by atoms with E-state index in [1.165, 1.54) is 4.90 Å². The molecule has 3 N–H and O–H groups in total. The molecule has 0 unspecified atom stereocenters. The number of nitrogens with two attached hydrogens (primary N) is 1. The van der Waals surface area contributed by atoms with Crippen molar-refractivity contribution in [3.05, 3.63) is 29.8 Å². The molecule has 2 rings (SSSR count). The van der Waals surface area contributed by atoms with Gasteiger partial charge in [-0.25, -0.2) is 0 Å². The molecule has 1 aliphatic rings. The number of carbonyl (C=O) groups is 2. The van der Waals surface area contributed by atoms with E-state index in [4.69, 9.17) is 10.5 Å². The van der Waals surface area contributed by atoms with Crippen LogP contribution >= 0.6 is 12.4 Å². The Morgan fingerprint density at radius 2 is 1.96 bits per heavy atom. The molecule has 0 bridgehead atoms. The summed E-state index contributed by atoms with van der Waals surface area (Å²) in [6.07, 6.45) is 3.50. The summed E-state index contributed by atoms with van der Waals surface area (Å²) in [5, 5.41) is 2.90. The van der Waals surface area contributed by atoms with E-state index in [1.807, 2.05) is 18.2 Å². The van der Waals surface area contributed by atoms with Crippen molar-refractivity contribution in [2.24, 2.45) is 5.73 Å². The number of halogens is 1. The first-order valence-electron chi connectivity index (χ1n) is 7.90. The highest BCUT2D eigenvalue weighted by molar-refractivity contribution is 5.86. The van der Waals surface area contributed by atoms with Crippen LogP contribution in [0.25, 0.3) is 0 Å². The van der Waals surface area contributed by atoms with Crippen LogP contribution in [-0.2, 0) is 16.1 Å². The van der Waals surface area contributed by atoms with Gasteiger partial charge in [0.05, 0.1) is 5.54 Å². The van der Waals surface area contributed by atoms with Crippen molar-refractivity contribution in [3.63, 3.8) is 0 Å². The van der Waals surface area contributed by atoms with Gasteiger partial charge in [-0.15, -0.1) is 12.4 Å². The summed E-state index contributed by atoms with van der Waals surface area (Å²) < 4.78 is 5.47. The number of hydrogen-bond acceptors (Lipinski definition) is 4. The lowest BCUT2D eigenvalue weighted by atomic mass is 9.98. The Balaban J connectivity index is 0.00000288. The first kappa shape index (κ1) is 20.3. The molecule has 0 aliphatic heterocycles. The lowest BCUT2D eigenvalue weighted by Gasteiger charge is -2.22. The first-order valence-corrected chi connectivity index (χ1v) is 7.90. The summed E-state index contributed by atoms with van der Waals surface area (Å²) >= 11 is 0. The third kappa shape index (κ3) is 5.39. The van der Waals surface area contributed by atoms with Gasteiger partial charge >= 0.3 is 0 Å². The summed E-state index contributed by atoms with van der Waals surface area (Å²) in [5.74, 6) is 0.411. The number of nitrogens with one attached hydrogen (secondary N) is 1. The summed E-state index contributed by atoms with van der Waals surface area (Å²) in [6.45, 7) is 0.394. The molecule has 0 radical (unpaired) electrons. The predicted octanol–water partition coefficient (Wildman–Crippen LogP) is 1.46. The molecule has 7 heteroatoms. The highest BCUT2D eigenvalue weighted by Gasteiger charge is 2.36. The van der Waals surface area contributed by atoms with Crippen molar-refractivity contribution in [1.82, 2.24) is 10.2 Å². The van der Waals surface area contributed by atoms with Crippen molar-refractivity contribution < 1.29 is 14.3 Å². The topological polar surface area (TPSA) is 84.7 Å². The van der Waals surface area contributed by atoms with E-state index >= 15 is 0 Å². The molecule has 1 fully saturated rings. The second kappa shape index (κ2) is 8.89. The Bertz CT molecular complexity index is 572. The number of likely N-dealkylation sites (N-methyl/N-ethyl adjacent to an activating group) is 1. The van der Waals surface area contributed by atoms with Crippen LogP contribution in [0, 0.1) is 0 Å². The second-order valence-electron chi connectivity index (χ2n) is 6.27. The molecular formula is C17H26ClN3O3. The molecule has 0 saturated heterocycles. The van der Waals surface area contributed by atoms with Gasteiger partial charge in [-0.2, -0.15) is 0 Å². The van der Waals surface area contributed by atoms with Gasteiger partial charge in [-0.05, 0) is 30.5 Å². The Hall–Kier alpha value is -1.79. The summed E-state index contributed by atoms with van der Waals surface area (Å²) in [4.78, 5) is 25.2. The number of hydrogen-bond donors (Lipinski definition) is 2. The third-order valence-electron chi connectivity index (χ3n) is 4.16. The maximum absolute atomic E-state index is 12.2. The van der Waals surface area contributed by atoms with Crippen molar-refractivity contribution >= 4 is 24.2 Å². The zero-order valence-corrected chi connectivity index (χ0v) is 15.0. The number of amides is 2. The van der Waals surface area contributed by atoms with E-state index < -0.39 is 5.54 Å². The van der Waals surface area contributed by atoms with Gasteiger partial charge in [0.2, 0.25) is 5.91 Å². The SMILES string of the molecule is CN(C)C(=O)COc1cccc(CNC(=O)C2(N)CCCC2)c1.Cl. The minimum Gasteiger partial charge on any atom is -0.484 e. The van der Waals surface area contributed by atoms with Crippen LogP contribution in [-0.4, -0.2) is 43.0 Å². The molecule has 1 aliphatic carbocycles. The maximum Gasteiger partial charge on any atom is 0.259 e. The van der Waals surface area contributed by atoms with E-state index in [0.717, 1.165) is 31.2 Å². The fraction of sp³-hybridized carbons (Fsp3) is 0.529. The van der Waals surface area contributed by atoms with Crippen LogP contribution in [0.3, 0.4) is 0 Å². The van der Waals surface area contributed by atoms with Crippen LogP contribution in [0.1, 0.15) is 31.2 Å². The predicted molar refractivity (Wildman–Crippen MR) is 95.1 cm³/mol. The molecular weight excluding hydrogens is 330 g/mol. The summed E-state index contributed by atoms with van der Waals surface area (Å²) in [7, 11) is 3.37. The molecule has 2 amide bonds. The van der Waals surface area contributed by atoms with Crippen LogP contribution in [0.4, 0.5) is 0 Å². The van der Waals surface area contributed by atoms with E-state index in [-0.39, 0.29) is 30.8 Å². The summed E-state index contributed by atoms with van der Waals surface area (Å²) in [5.41, 5.74) is 6.32. The van der Waals surface area contributed by atoms with E-state index in [0.29, 0.717) is 12.3 Å². The maximum atomic E-state index is 12.2. The summed E-state index contributed by atoms with van der Waals surface area (Å²) in [6, 6.07) is 7.35. The van der Waals surface area contributed by atoms with Crippen molar-refractivity contribution in [1.29, 1.82) is 0 Å². The number of carbonyl (C=O) groups excluding carboxylic acids is 2. The van der Waals surface area contributed by atoms with Gasteiger partial charge in [-0.3, -0.25) is 9.59 Å². The van der Waals surface area contributed by atoms with Crippen LogP contribution in [0.5, 0.6) is 5.75 Å². The van der Waals surface area contributed by atoms with Crippen molar-refractivity contribution in [2.75, 3.05) is 20.7 Å². The minimum atomic E-state index is -0.716. The zero-order valence-electron chi connectivity index (χ0n) is 14.2. The molecule has 0 heterocycles. The number of ether oxygens (including phenoxy) is 1. The Morgan fingerprint density at radius 3 is 2.58 bits per heavy atom. The van der Waals surface area contributed by atoms with Crippen LogP contribution in [0.2, 0.25) is 0 Å². The van der Waals surface area contributed by atoms with Crippen molar-refractivity contribution in [3.8, 4) is 5.75 Å². The molecule has 6 nitrogen and oxygen atoms in total. The van der Waals surface area contributed by atoms with Gasteiger partial charge in [0, 0.05) is 20.6 Å². The zero-order chi connectivity index (χ0) is 16.9. The molecule has 1 aromatic rings. The largest absolute Gasteiger partial charge is 0.484 e. The first-order chi connectivity index (χ1) is 10.9. The Kier molecular flexibility index (Phi) is 7.51. The highest BCUT2D eigenvalue weighted by Crippen LogP contribution is 2.27. The van der Waals surface area contributed by atoms with Crippen molar-refractivity contribution in [2.45, 2.75) is 37.8 Å².